The molecule has 0 amide bonds. The average Bonchev–Trinajstić information content (AvgIpc) is 2.26. The molecule has 0 spiro atoms. The van der Waals surface area contributed by atoms with Crippen molar-refractivity contribution in [2.75, 3.05) is 0 Å². The summed E-state index contributed by atoms with van der Waals surface area (Å²) < 4.78 is 7.18. The first kappa shape index (κ1) is 11.5. The number of halogens is 2. The standard InChI is InChI=1S/C12H8Br2O2/c13-8-4-1-2-7-11(8)16-12-9(14)5-3-6-10(12)15/h1-7,15H. The minimum Gasteiger partial charge on any atom is -0.504 e. The zero-order valence-electron chi connectivity index (χ0n) is 8.15. The van der Waals surface area contributed by atoms with Gasteiger partial charge in [-0.05, 0) is 56.1 Å². The lowest BCUT2D eigenvalue weighted by Gasteiger charge is -2.10. The summed E-state index contributed by atoms with van der Waals surface area (Å²) in [5.41, 5.74) is 0. The minimum atomic E-state index is 0.102. The fraction of sp³-hybridized carbons (Fsp3) is 0. The Labute approximate surface area is 110 Å². The van der Waals surface area contributed by atoms with Gasteiger partial charge in [-0.15, -0.1) is 0 Å². The number of benzene rings is 2. The first-order valence-electron chi connectivity index (χ1n) is 4.58. The van der Waals surface area contributed by atoms with E-state index in [-0.39, 0.29) is 5.75 Å². The maximum atomic E-state index is 9.67. The number of phenolic OH excluding ortho intramolecular Hbond substituents is 1. The zero-order valence-corrected chi connectivity index (χ0v) is 11.3. The second-order valence-electron chi connectivity index (χ2n) is 3.12. The number of phenols is 1. The zero-order chi connectivity index (χ0) is 11.5. The Hall–Kier alpha value is -1.00. The van der Waals surface area contributed by atoms with E-state index in [0.717, 1.165) is 4.47 Å². The van der Waals surface area contributed by atoms with Crippen molar-refractivity contribution in [1.82, 2.24) is 0 Å². The van der Waals surface area contributed by atoms with E-state index < -0.39 is 0 Å². The van der Waals surface area contributed by atoms with Crippen LogP contribution in [0, 0.1) is 0 Å². The second-order valence-corrected chi connectivity index (χ2v) is 4.83. The molecule has 16 heavy (non-hydrogen) atoms. The molecule has 2 nitrogen and oxygen atoms in total. The minimum absolute atomic E-state index is 0.102. The monoisotopic (exact) mass is 342 g/mol. The molecule has 0 bridgehead atoms. The SMILES string of the molecule is Oc1cccc(Br)c1Oc1ccccc1Br. The Morgan fingerprint density at radius 1 is 0.875 bits per heavy atom. The molecule has 2 aromatic carbocycles. The maximum absolute atomic E-state index is 9.67. The van der Waals surface area contributed by atoms with Crippen LogP contribution in [0.2, 0.25) is 0 Å². The van der Waals surface area contributed by atoms with Gasteiger partial charge < -0.3 is 9.84 Å². The van der Waals surface area contributed by atoms with Gasteiger partial charge in [-0.2, -0.15) is 0 Å². The van der Waals surface area contributed by atoms with Crippen LogP contribution in [-0.4, -0.2) is 5.11 Å². The Morgan fingerprint density at radius 2 is 1.56 bits per heavy atom. The molecule has 0 aliphatic carbocycles. The summed E-state index contributed by atoms with van der Waals surface area (Å²) in [4.78, 5) is 0. The van der Waals surface area contributed by atoms with E-state index in [2.05, 4.69) is 31.9 Å². The van der Waals surface area contributed by atoms with Crippen LogP contribution in [0.4, 0.5) is 0 Å². The van der Waals surface area contributed by atoms with Crippen LogP contribution in [0.3, 0.4) is 0 Å². The molecule has 2 rings (SSSR count). The summed E-state index contributed by atoms with van der Waals surface area (Å²) in [6, 6.07) is 12.6. The van der Waals surface area contributed by atoms with E-state index in [9.17, 15) is 5.11 Å². The normalized spacial score (nSPS) is 10.1. The van der Waals surface area contributed by atoms with Gasteiger partial charge in [0.05, 0.1) is 8.95 Å². The highest BCUT2D eigenvalue weighted by atomic mass is 79.9. The fourth-order valence-corrected chi connectivity index (χ4v) is 2.04. The molecule has 4 heteroatoms. The Kier molecular flexibility index (Phi) is 3.51. The van der Waals surface area contributed by atoms with Crippen molar-refractivity contribution in [3.8, 4) is 17.2 Å². The van der Waals surface area contributed by atoms with Gasteiger partial charge >= 0.3 is 0 Å². The molecular formula is C12H8Br2O2. The van der Waals surface area contributed by atoms with Crippen molar-refractivity contribution >= 4 is 31.9 Å². The van der Waals surface area contributed by atoms with Crippen LogP contribution in [0.15, 0.2) is 51.4 Å². The lowest BCUT2D eigenvalue weighted by atomic mass is 10.3. The van der Waals surface area contributed by atoms with Gasteiger partial charge in [0.25, 0.3) is 0 Å². The molecule has 2 aromatic rings. The van der Waals surface area contributed by atoms with E-state index in [1.165, 1.54) is 0 Å². The van der Waals surface area contributed by atoms with Crippen molar-refractivity contribution in [2.24, 2.45) is 0 Å². The summed E-state index contributed by atoms with van der Waals surface area (Å²) in [7, 11) is 0. The quantitative estimate of drug-likeness (QED) is 0.855. The largest absolute Gasteiger partial charge is 0.504 e. The van der Waals surface area contributed by atoms with Gasteiger partial charge in [-0.25, -0.2) is 0 Å². The van der Waals surface area contributed by atoms with Crippen molar-refractivity contribution in [3.05, 3.63) is 51.4 Å². The van der Waals surface area contributed by atoms with Crippen LogP contribution >= 0.6 is 31.9 Å². The van der Waals surface area contributed by atoms with Gasteiger partial charge in [0.15, 0.2) is 11.5 Å². The third-order valence-corrected chi connectivity index (χ3v) is 3.27. The van der Waals surface area contributed by atoms with Crippen LogP contribution < -0.4 is 4.74 Å². The van der Waals surface area contributed by atoms with Crippen LogP contribution in [0.5, 0.6) is 17.2 Å². The molecule has 1 N–H and O–H groups in total. The molecule has 0 saturated carbocycles. The lowest BCUT2D eigenvalue weighted by molar-refractivity contribution is 0.408. The molecular weight excluding hydrogens is 336 g/mol. The van der Waals surface area contributed by atoms with Gasteiger partial charge in [-0.1, -0.05) is 18.2 Å². The van der Waals surface area contributed by atoms with Crippen LogP contribution in [0.25, 0.3) is 0 Å². The third kappa shape index (κ3) is 2.39. The summed E-state index contributed by atoms with van der Waals surface area (Å²) in [5.74, 6) is 1.17. The van der Waals surface area contributed by atoms with Crippen LogP contribution in [-0.2, 0) is 0 Å². The number of hydrogen-bond acceptors (Lipinski definition) is 2. The molecule has 0 aliphatic rings. The molecule has 0 atom stereocenters. The van der Waals surface area contributed by atoms with Gasteiger partial charge in [-0.3, -0.25) is 0 Å². The predicted octanol–water partition coefficient (Wildman–Crippen LogP) is 4.71. The smallest absolute Gasteiger partial charge is 0.183 e. The number of aromatic hydroxyl groups is 1. The molecule has 0 aliphatic heterocycles. The number of ether oxygens (including phenoxy) is 1. The van der Waals surface area contributed by atoms with Crippen molar-refractivity contribution in [2.45, 2.75) is 0 Å². The number of para-hydroxylation sites is 2. The van der Waals surface area contributed by atoms with Gasteiger partial charge in [0.1, 0.15) is 5.75 Å². The highest BCUT2D eigenvalue weighted by Gasteiger charge is 2.09. The number of hydrogen-bond donors (Lipinski definition) is 1. The topological polar surface area (TPSA) is 29.5 Å². The number of rotatable bonds is 2. The van der Waals surface area contributed by atoms with E-state index >= 15 is 0 Å². The highest BCUT2D eigenvalue weighted by Crippen LogP contribution is 2.39. The molecule has 0 aromatic heterocycles. The van der Waals surface area contributed by atoms with Crippen molar-refractivity contribution in [3.63, 3.8) is 0 Å². The first-order valence-corrected chi connectivity index (χ1v) is 6.17. The van der Waals surface area contributed by atoms with Gasteiger partial charge in [0, 0.05) is 0 Å². The lowest BCUT2D eigenvalue weighted by Crippen LogP contribution is -1.87. The molecule has 0 radical (unpaired) electrons. The van der Waals surface area contributed by atoms with E-state index in [1.54, 1.807) is 12.1 Å². The molecule has 0 fully saturated rings. The fourth-order valence-electron chi connectivity index (χ4n) is 1.24. The molecule has 0 heterocycles. The molecule has 82 valence electrons. The van der Waals surface area contributed by atoms with Crippen molar-refractivity contribution in [1.29, 1.82) is 0 Å². The van der Waals surface area contributed by atoms with E-state index in [0.29, 0.717) is 16.0 Å². The summed E-state index contributed by atoms with van der Waals surface area (Å²) in [6.45, 7) is 0. The average molecular weight is 344 g/mol. The third-order valence-electron chi connectivity index (χ3n) is 1.99. The van der Waals surface area contributed by atoms with Gasteiger partial charge in [0.2, 0.25) is 0 Å². The summed E-state index contributed by atoms with van der Waals surface area (Å²) in [5, 5.41) is 9.67. The molecule has 0 unspecified atom stereocenters. The molecule has 0 saturated heterocycles. The maximum Gasteiger partial charge on any atom is 0.183 e. The second kappa shape index (κ2) is 4.89. The Morgan fingerprint density at radius 3 is 2.25 bits per heavy atom. The predicted molar refractivity (Wildman–Crippen MR) is 70.0 cm³/mol. The van der Waals surface area contributed by atoms with E-state index in [1.807, 2.05) is 30.3 Å². The van der Waals surface area contributed by atoms with E-state index in [4.69, 9.17) is 4.74 Å². The Balaban J connectivity index is 2.38. The summed E-state index contributed by atoms with van der Waals surface area (Å²) in [6.07, 6.45) is 0. The van der Waals surface area contributed by atoms with Crippen LogP contribution in [0.1, 0.15) is 0 Å². The Bertz CT molecular complexity index is 492. The van der Waals surface area contributed by atoms with Crippen molar-refractivity contribution < 1.29 is 9.84 Å². The summed E-state index contributed by atoms with van der Waals surface area (Å²) >= 11 is 6.71. The first-order chi connectivity index (χ1) is 7.68. The highest BCUT2D eigenvalue weighted by molar-refractivity contribution is 9.11.